The van der Waals surface area contributed by atoms with Crippen LogP contribution in [0.5, 0.6) is 5.75 Å². The van der Waals surface area contributed by atoms with Crippen molar-refractivity contribution >= 4 is 11.9 Å². The van der Waals surface area contributed by atoms with Gasteiger partial charge in [-0.3, -0.25) is 9.59 Å². The minimum absolute atomic E-state index is 0.129. The number of hydrogen-bond donors (Lipinski definition) is 3. The average Bonchev–Trinajstić information content (AvgIpc) is 2.41. The van der Waals surface area contributed by atoms with Crippen molar-refractivity contribution in [3.05, 3.63) is 29.8 Å². The fraction of sp³-hybridized carbons (Fsp3) is 0.467. The van der Waals surface area contributed by atoms with Gasteiger partial charge in [-0.2, -0.15) is 0 Å². The molecule has 0 fully saturated rings. The van der Waals surface area contributed by atoms with Crippen molar-refractivity contribution in [3.63, 3.8) is 0 Å². The lowest BCUT2D eigenvalue weighted by atomic mass is 9.85. The van der Waals surface area contributed by atoms with Crippen LogP contribution >= 0.6 is 0 Å². The highest BCUT2D eigenvalue weighted by Gasteiger charge is 2.35. The van der Waals surface area contributed by atoms with Gasteiger partial charge in [0.25, 0.3) is 5.91 Å². The summed E-state index contributed by atoms with van der Waals surface area (Å²) in [4.78, 5) is 22.9. The first-order valence-corrected chi connectivity index (χ1v) is 6.59. The normalized spacial score (nSPS) is 11.8. The number of hydrogen-bond acceptors (Lipinski definition) is 3. The number of benzene rings is 1. The molecule has 5 nitrogen and oxygen atoms in total. The molecule has 0 aromatic heterocycles. The van der Waals surface area contributed by atoms with E-state index in [1.165, 1.54) is 26.0 Å². The number of amides is 1. The zero-order valence-electron chi connectivity index (χ0n) is 12.6. The molecule has 0 spiro atoms. The molecule has 0 bridgehead atoms. The van der Waals surface area contributed by atoms with Crippen molar-refractivity contribution in [3.8, 4) is 5.75 Å². The highest BCUT2D eigenvalue weighted by molar-refractivity contribution is 5.97. The number of nitrogens with one attached hydrogen (secondary N) is 1. The molecule has 1 rings (SSSR count). The molecule has 1 unspecified atom stereocenters. The van der Waals surface area contributed by atoms with Crippen molar-refractivity contribution in [1.29, 1.82) is 0 Å². The number of para-hydroxylation sites is 1. The maximum atomic E-state index is 11.9. The Morgan fingerprint density at radius 3 is 2.15 bits per heavy atom. The van der Waals surface area contributed by atoms with Crippen LogP contribution in [0.25, 0.3) is 0 Å². The Labute approximate surface area is 119 Å². The monoisotopic (exact) mass is 281 g/mol. The van der Waals surface area contributed by atoms with Crippen molar-refractivity contribution < 1.29 is 19.8 Å². The summed E-state index contributed by atoms with van der Waals surface area (Å²) < 4.78 is 0. The van der Waals surface area contributed by atoms with Crippen LogP contribution < -0.4 is 5.32 Å². The Balaban J connectivity index is 0.00000172. The summed E-state index contributed by atoms with van der Waals surface area (Å²) in [5.41, 5.74) is -0.953. The molecule has 0 aliphatic rings. The van der Waals surface area contributed by atoms with Gasteiger partial charge in [0.05, 0.1) is 11.0 Å². The van der Waals surface area contributed by atoms with Crippen LogP contribution in [0.15, 0.2) is 24.3 Å². The molecule has 5 heteroatoms. The number of carboxylic acids is 1. The first kappa shape index (κ1) is 18.0. The third-order valence-corrected chi connectivity index (χ3v) is 3.13. The molecule has 1 aromatic rings. The standard InChI is InChI=1S/C13H17NO4.C2H6/c1-8(13(2,3)12(17)18)14-11(16)9-6-4-5-7-10(9)15;1-2/h4-8,15H,1-3H3,(H,14,16)(H,17,18);1-2H3. The molecule has 0 saturated heterocycles. The van der Waals surface area contributed by atoms with Crippen LogP contribution in [0, 0.1) is 5.41 Å². The van der Waals surface area contributed by atoms with Crippen LogP contribution in [0.4, 0.5) is 0 Å². The highest BCUT2D eigenvalue weighted by atomic mass is 16.4. The Morgan fingerprint density at radius 1 is 1.20 bits per heavy atom. The molecule has 0 aliphatic carbocycles. The Kier molecular flexibility index (Phi) is 6.76. The van der Waals surface area contributed by atoms with E-state index in [0.717, 1.165) is 0 Å². The first-order valence-electron chi connectivity index (χ1n) is 6.59. The smallest absolute Gasteiger partial charge is 0.311 e. The van der Waals surface area contributed by atoms with Gasteiger partial charge in [-0.25, -0.2) is 0 Å². The average molecular weight is 281 g/mol. The number of carbonyl (C=O) groups excluding carboxylic acids is 1. The molecule has 0 saturated carbocycles. The van der Waals surface area contributed by atoms with Gasteiger partial charge in [-0.1, -0.05) is 26.0 Å². The van der Waals surface area contributed by atoms with E-state index in [4.69, 9.17) is 5.11 Å². The lowest BCUT2D eigenvalue weighted by Crippen LogP contribution is -2.47. The third kappa shape index (κ3) is 4.26. The fourth-order valence-electron chi connectivity index (χ4n) is 1.31. The van der Waals surface area contributed by atoms with Crippen LogP contribution in [0.2, 0.25) is 0 Å². The summed E-state index contributed by atoms with van der Waals surface area (Å²) in [5.74, 6) is -1.61. The molecular formula is C15H23NO4. The van der Waals surface area contributed by atoms with E-state index in [1.54, 1.807) is 19.1 Å². The molecule has 0 heterocycles. The Bertz CT molecular complexity index is 469. The topological polar surface area (TPSA) is 86.6 Å². The van der Waals surface area contributed by atoms with Gasteiger partial charge in [-0.05, 0) is 32.9 Å². The van der Waals surface area contributed by atoms with Gasteiger partial charge in [0.15, 0.2) is 0 Å². The van der Waals surface area contributed by atoms with E-state index >= 15 is 0 Å². The second-order valence-corrected chi connectivity index (χ2v) is 4.74. The van der Waals surface area contributed by atoms with Gasteiger partial charge >= 0.3 is 5.97 Å². The zero-order valence-corrected chi connectivity index (χ0v) is 12.6. The van der Waals surface area contributed by atoms with Crippen LogP contribution in [-0.4, -0.2) is 28.1 Å². The lowest BCUT2D eigenvalue weighted by Gasteiger charge is -2.28. The van der Waals surface area contributed by atoms with Gasteiger partial charge in [0.2, 0.25) is 0 Å². The van der Waals surface area contributed by atoms with E-state index in [2.05, 4.69) is 5.32 Å². The van der Waals surface area contributed by atoms with Crippen molar-refractivity contribution in [2.45, 2.75) is 40.7 Å². The molecule has 0 aliphatic heterocycles. The van der Waals surface area contributed by atoms with Crippen molar-refractivity contribution in [2.24, 2.45) is 5.41 Å². The van der Waals surface area contributed by atoms with Gasteiger partial charge in [0.1, 0.15) is 5.75 Å². The van der Waals surface area contributed by atoms with E-state index in [0.29, 0.717) is 0 Å². The maximum Gasteiger partial charge on any atom is 0.311 e. The first-order chi connectivity index (χ1) is 9.26. The Hall–Kier alpha value is -2.04. The number of carbonyl (C=O) groups is 2. The van der Waals surface area contributed by atoms with Gasteiger partial charge in [-0.15, -0.1) is 0 Å². The minimum atomic E-state index is -1.08. The molecule has 1 aromatic carbocycles. The molecule has 20 heavy (non-hydrogen) atoms. The fourth-order valence-corrected chi connectivity index (χ4v) is 1.31. The highest BCUT2D eigenvalue weighted by Crippen LogP contribution is 2.22. The minimum Gasteiger partial charge on any atom is -0.507 e. The molecule has 3 N–H and O–H groups in total. The number of phenols is 1. The number of rotatable bonds is 4. The van der Waals surface area contributed by atoms with Gasteiger partial charge < -0.3 is 15.5 Å². The molecule has 0 radical (unpaired) electrons. The van der Waals surface area contributed by atoms with E-state index in [1.807, 2.05) is 13.8 Å². The van der Waals surface area contributed by atoms with E-state index in [9.17, 15) is 14.7 Å². The molecule has 1 amide bonds. The van der Waals surface area contributed by atoms with Gasteiger partial charge in [0, 0.05) is 6.04 Å². The summed E-state index contributed by atoms with van der Waals surface area (Å²) >= 11 is 0. The number of aliphatic carboxylic acids is 1. The van der Waals surface area contributed by atoms with Crippen molar-refractivity contribution in [2.75, 3.05) is 0 Å². The maximum absolute atomic E-state index is 11.9. The Morgan fingerprint density at radius 2 is 1.70 bits per heavy atom. The zero-order chi connectivity index (χ0) is 15.9. The number of carboxylic acid groups (broad SMARTS) is 1. The summed E-state index contributed by atoms with van der Waals surface area (Å²) in [6.07, 6.45) is 0. The van der Waals surface area contributed by atoms with Crippen LogP contribution in [0.1, 0.15) is 45.0 Å². The van der Waals surface area contributed by atoms with Crippen LogP contribution in [0.3, 0.4) is 0 Å². The van der Waals surface area contributed by atoms with Crippen LogP contribution in [-0.2, 0) is 4.79 Å². The predicted octanol–water partition coefficient (Wildman–Crippen LogP) is 2.65. The summed E-state index contributed by atoms with van der Waals surface area (Å²) in [6, 6.07) is 5.55. The predicted molar refractivity (Wildman–Crippen MR) is 77.8 cm³/mol. The largest absolute Gasteiger partial charge is 0.507 e. The summed E-state index contributed by atoms with van der Waals surface area (Å²) in [6.45, 7) is 8.68. The summed E-state index contributed by atoms with van der Waals surface area (Å²) in [7, 11) is 0. The number of phenolic OH excluding ortho intramolecular Hbond substituents is 1. The quantitative estimate of drug-likeness (QED) is 0.791. The van der Waals surface area contributed by atoms with E-state index < -0.39 is 23.3 Å². The van der Waals surface area contributed by atoms with E-state index in [-0.39, 0.29) is 11.3 Å². The molecule has 1 atom stereocenters. The number of aromatic hydroxyl groups is 1. The molecule has 112 valence electrons. The SMILES string of the molecule is CC.CC(NC(=O)c1ccccc1O)C(C)(C)C(=O)O. The second-order valence-electron chi connectivity index (χ2n) is 4.74. The molecular weight excluding hydrogens is 258 g/mol. The van der Waals surface area contributed by atoms with Crippen molar-refractivity contribution in [1.82, 2.24) is 5.32 Å². The lowest BCUT2D eigenvalue weighted by molar-refractivity contribution is -0.148. The third-order valence-electron chi connectivity index (χ3n) is 3.13. The summed E-state index contributed by atoms with van der Waals surface area (Å²) in [5, 5.41) is 21.2. The second kappa shape index (κ2) is 7.53.